The van der Waals surface area contributed by atoms with Crippen molar-refractivity contribution in [2.75, 3.05) is 39.1 Å². The van der Waals surface area contributed by atoms with Crippen molar-refractivity contribution in [2.24, 2.45) is 0 Å². The standard InChI is InChI=1S/C15H22N2O4/c1-20-13-4-2-3-12(16)14(13)15(19)17-7-5-11(6-8-17)21-10-9-18/h2-4,11,18H,5-10,16H2,1H3. The van der Waals surface area contributed by atoms with E-state index in [2.05, 4.69) is 0 Å². The second-order valence-corrected chi connectivity index (χ2v) is 5.01. The highest BCUT2D eigenvalue weighted by Crippen LogP contribution is 2.27. The molecule has 1 fully saturated rings. The van der Waals surface area contributed by atoms with Crippen LogP contribution in [-0.2, 0) is 4.74 Å². The lowest BCUT2D eigenvalue weighted by molar-refractivity contribution is -0.00556. The van der Waals surface area contributed by atoms with Gasteiger partial charge in [-0.3, -0.25) is 4.79 Å². The molecule has 0 radical (unpaired) electrons. The molecule has 1 aromatic carbocycles. The number of nitrogens with two attached hydrogens (primary N) is 1. The van der Waals surface area contributed by atoms with Crippen LogP contribution in [-0.4, -0.2) is 55.4 Å². The summed E-state index contributed by atoms with van der Waals surface area (Å²) in [7, 11) is 1.53. The summed E-state index contributed by atoms with van der Waals surface area (Å²) in [6, 6.07) is 5.20. The Bertz CT molecular complexity index is 485. The van der Waals surface area contributed by atoms with Gasteiger partial charge < -0.3 is 25.2 Å². The van der Waals surface area contributed by atoms with Gasteiger partial charge in [0.1, 0.15) is 11.3 Å². The molecular weight excluding hydrogens is 272 g/mol. The third kappa shape index (κ3) is 3.65. The van der Waals surface area contributed by atoms with Crippen LogP contribution >= 0.6 is 0 Å². The molecule has 1 saturated heterocycles. The predicted molar refractivity (Wildman–Crippen MR) is 79.4 cm³/mol. The van der Waals surface area contributed by atoms with Gasteiger partial charge in [0.05, 0.1) is 26.4 Å². The number of amides is 1. The summed E-state index contributed by atoms with van der Waals surface area (Å²) in [6.45, 7) is 1.60. The molecule has 0 aromatic heterocycles. The van der Waals surface area contributed by atoms with Crippen molar-refractivity contribution < 1.29 is 19.4 Å². The van der Waals surface area contributed by atoms with Gasteiger partial charge in [0.2, 0.25) is 0 Å². The molecule has 1 aliphatic heterocycles. The number of likely N-dealkylation sites (tertiary alicyclic amines) is 1. The van der Waals surface area contributed by atoms with Gasteiger partial charge in [-0.1, -0.05) is 6.07 Å². The van der Waals surface area contributed by atoms with E-state index in [-0.39, 0.29) is 18.6 Å². The van der Waals surface area contributed by atoms with Crippen LogP contribution in [0.15, 0.2) is 18.2 Å². The molecule has 1 amide bonds. The molecule has 0 aliphatic carbocycles. The smallest absolute Gasteiger partial charge is 0.259 e. The zero-order chi connectivity index (χ0) is 15.2. The molecule has 0 spiro atoms. The van der Waals surface area contributed by atoms with Crippen LogP contribution in [0.2, 0.25) is 0 Å². The second kappa shape index (κ2) is 7.28. The van der Waals surface area contributed by atoms with Gasteiger partial charge >= 0.3 is 0 Å². The highest BCUT2D eigenvalue weighted by molar-refractivity contribution is 6.01. The number of nitrogens with zero attached hydrogens (tertiary/aromatic N) is 1. The van der Waals surface area contributed by atoms with Crippen LogP contribution in [0.4, 0.5) is 5.69 Å². The number of aliphatic hydroxyl groups excluding tert-OH is 1. The Labute approximate surface area is 124 Å². The van der Waals surface area contributed by atoms with Crippen molar-refractivity contribution >= 4 is 11.6 Å². The van der Waals surface area contributed by atoms with E-state index >= 15 is 0 Å². The summed E-state index contributed by atoms with van der Waals surface area (Å²) in [5.74, 6) is 0.393. The van der Waals surface area contributed by atoms with E-state index in [0.717, 1.165) is 12.8 Å². The van der Waals surface area contributed by atoms with E-state index in [4.69, 9.17) is 20.3 Å². The topological polar surface area (TPSA) is 85.0 Å². The van der Waals surface area contributed by atoms with Gasteiger partial charge in [-0.15, -0.1) is 0 Å². The minimum Gasteiger partial charge on any atom is -0.496 e. The number of hydrogen-bond donors (Lipinski definition) is 2. The molecule has 0 atom stereocenters. The quantitative estimate of drug-likeness (QED) is 0.788. The monoisotopic (exact) mass is 294 g/mol. The zero-order valence-electron chi connectivity index (χ0n) is 12.2. The van der Waals surface area contributed by atoms with Crippen LogP contribution in [0.3, 0.4) is 0 Å². The molecule has 21 heavy (non-hydrogen) atoms. The predicted octanol–water partition coefficient (Wildman–Crippen LogP) is 0.891. The normalized spacial score (nSPS) is 16.0. The lowest BCUT2D eigenvalue weighted by Gasteiger charge is -2.32. The Kier molecular flexibility index (Phi) is 5.41. The minimum atomic E-state index is -0.106. The third-order valence-corrected chi connectivity index (χ3v) is 3.67. The number of piperidine rings is 1. The lowest BCUT2D eigenvalue weighted by atomic mass is 10.0. The SMILES string of the molecule is COc1cccc(N)c1C(=O)N1CCC(OCCO)CC1. The first kappa shape index (κ1) is 15.6. The van der Waals surface area contributed by atoms with Crippen LogP contribution in [0.5, 0.6) is 5.75 Å². The first-order valence-electron chi connectivity index (χ1n) is 7.11. The molecule has 1 aromatic rings. The van der Waals surface area contributed by atoms with Gasteiger partial charge in [-0.05, 0) is 25.0 Å². The van der Waals surface area contributed by atoms with Crippen LogP contribution in [0.1, 0.15) is 23.2 Å². The molecule has 6 nitrogen and oxygen atoms in total. The maximum Gasteiger partial charge on any atom is 0.259 e. The first-order valence-corrected chi connectivity index (χ1v) is 7.11. The summed E-state index contributed by atoms with van der Waals surface area (Å²) in [5.41, 5.74) is 6.77. The number of carbonyl (C=O) groups excluding carboxylic acids is 1. The molecule has 3 N–H and O–H groups in total. The van der Waals surface area contributed by atoms with Gasteiger partial charge in [0, 0.05) is 18.8 Å². The average Bonchev–Trinajstić information content (AvgIpc) is 2.52. The fourth-order valence-electron chi connectivity index (χ4n) is 2.55. The molecule has 0 bridgehead atoms. The molecule has 1 heterocycles. The molecule has 116 valence electrons. The molecule has 2 rings (SSSR count). The van der Waals surface area contributed by atoms with Crippen molar-refractivity contribution in [2.45, 2.75) is 18.9 Å². The Morgan fingerprint density at radius 2 is 2.14 bits per heavy atom. The number of hydrogen-bond acceptors (Lipinski definition) is 5. The maximum atomic E-state index is 12.6. The van der Waals surface area contributed by atoms with Gasteiger partial charge in [0.15, 0.2) is 0 Å². The van der Waals surface area contributed by atoms with Gasteiger partial charge in [0.25, 0.3) is 5.91 Å². The summed E-state index contributed by atoms with van der Waals surface area (Å²) in [5, 5.41) is 8.76. The van der Waals surface area contributed by atoms with Crippen molar-refractivity contribution in [3.63, 3.8) is 0 Å². The fraction of sp³-hybridized carbons (Fsp3) is 0.533. The minimum absolute atomic E-state index is 0.0247. The summed E-state index contributed by atoms with van der Waals surface area (Å²) >= 11 is 0. The number of methoxy groups -OCH3 is 1. The summed E-state index contributed by atoms with van der Waals surface area (Å²) in [6.07, 6.45) is 1.64. The Hall–Kier alpha value is -1.79. The van der Waals surface area contributed by atoms with Crippen molar-refractivity contribution in [3.05, 3.63) is 23.8 Å². The van der Waals surface area contributed by atoms with E-state index in [1.807, 2.05) is 0 Å². The van der Waals surface area contributed by atoms with Gasteiger partial charge in [-0.2, -0.15) is 0 Å². The van der Waals surface area contributed by atoms with Crippen molar-refractivity contribution in [1.82, 2.24) is 4.90 Å². The number of anilines is 1. The van der Waals surface area contributed by atoms with Crippen molar-refractivity contribution in [1.29, 1.82) is 0 Å². The van der Waals surface area contributed by atoms with E-state index < -0.39 is 0 Å². The molecule has 1 aliphatic rings. The number of rotatable bonds is 5. The van der Waals surface area contributed by atoms with E-state index in [1.54, 1.807) is 23.1 Å². The van der Waals surface area contributed by atoms with Crippen LogP contribution < -0.4 is 10.5 Å². The highest BCUT2D eigenvalue weighted by Gasteiger charge is 2.27. The van der Waals surface area contributed by atoms with Crippen LogP contribution in [0.25, 0.3) is 0 Å². The number of nitrogen functional groups attached to an aromatic ring is 1. The second-order valence-electron chi connectivity index (χ2n) is 5.01. The Morgan fingerprint density at radius 3 is 2.76 bits per heavy atom. The summed E-state index contributed by atoms with van der Waals surface area (Å²) in [4.78, 5) is 14.4. The molecule has 0 saturated carbocycles. The molecule has 6 heteroatoms. The number of aliphatic hydroxyl groups is 1. The highest BCUT2D eigenvalue weighted by atomic mass is 16.5. The fourth-order valence-corrected chi connectivity index (χ4v) is 2.55. The summed E-state index contributed by atoms with van der Waals surface area (Å²) < 4.78 is 10.7. The Morgan fingerprint density at radius 1 is 1.43 bits per heavy atom. The number of carbonyl (C=O) groups is 1. The van der Waals surface area contributed by atoms with E-state index in [0.29, 0.717) is 36.7 Å². The average molecular weight is 294 g/mol. The van der Waals surface area contributed by atoms with Gasteiger partial charge in [-0.25, -0.2) is 0 Å². The van der Waals surface area contributed by atoms with E-state index in [9.17, 15) is 4.79 Å². The number of benzene rings is 1. The van der Waals surface area contributed by atoms with Crippen molar-refractivity contribution in [3.8, 4) is 5.75 Å². The first-order chi connectivity index (χ1) is 10.2. The van der Waals surface area contributed by atoms with E-state index in [1.165, 1.54) is 7.11 Å². The molecule has 0 unspecified atom stereocenters. The lowest BCUT2D eigenvalue weighted by Crippen LogP contribution is -2.41. The zero-order valence-corrected chi connectivity index (χ0v) is 12.2. The number of ether oxygens (including phenoxy) is 2. The molecular formula is C15H22N2O4. The third-order valence-electron chi connectivity index (χ3n) is 3.67. The maximum absolute atomic E-state index is 12.6. The van der Waals surface area contributed by atoms with Crippen LogP contribution in [0, 0.1) is 0 Å². The Balaban J connectivity index is 2.02. The largest absolute Gasteiger partial charge is 0.496 e.